The Kier molecular flexibility index (Phi) is 4.09. The minimum Gasteiger partial charge on any atom is -0.394 e. The van der Waals surface area contributed by atoms with E-state index >= 15 is 0 Å². The van der Waals surface area contributed by atoms with E-state index in [9.17, 15) is 0 Å². The highest BCUT2D eigenvalue weighted by molar-refractivity contribution is 7.09. The van der Waals surface area contributed by atoms with Gasteiger partial charge in [0.2, 0.25) is 0 Å². The van der Waals surface area contributed by atoms with Crippen molar-refractivity contribution in [1.29, 1.82) is 0 Å². The monoisotopic (exact) mass is 279 g/mol. The van der Waals surface area contributed by atoms with Crippen molar-refractivity contribution >= 4 is 22.8 Å². The van der Waals surface area contributed by atoms with E-state index in [4.69, 9.17) is 5.73 Å². The number of aromatic nitrogens is 3. The van der Waals surface area contributed by atoms with Crippen LogP contribution in [-0.2, 0) is 6.42 Å². The Hall–Kier alpha value is -1.56. The molecule has 0 unspecified atom stereocenters. The molecule has 104 valence electrons. The van der Waals surface area contributed by atoms with Gasteiger partial charge in [-0.1, -0.05) is 0 Å². The summed E-state index contributed by atoms with van der Waals surface area (Å²) in [6.45, 7) is 8.96. The van der Waals surface area contributed by atoms with Crippen molar-refractivity contribution < 1.29 is 0 Å². The molecule has 0 spiro atoms. The molecule has 6 heteroatoms. The van der Waals surface area contributed by atoms with Crippen LogP contribution in [0.2, 0.25) is 0 Å². The van der Waals surface area contributed by atoms with Crippen molar-refractivity contribution in [3.63, 3.8) is 0 Å². The number of rotatable bonds is 5. The van der Waals surface area contributed by atoms with E-state index in [1.807, 2.05) is 18.5 Å². The number of nitrogens with one attached hydrogen (secondary N) is 1. The van der Waals surface area contributed by atoms with Crippen molar-refractivity contribution in [3.8, 4) is 0 Å². The van der Waals surface area contributed by atoms with Gasteiger partial charge in [-0.3, -0.25) is 0 Å². The zero-order valence-electron chi connectivity index (χ0n) is 11.9. The van der Waals surface area contributed by atoms with Crippen LogP contribution in [0.15, 0.2) is 5.38 Å². The Bertz CT molecular complexity index is 555. The first-order valence-electron chi connectivity index (χ1n) is 6.48. The summed E-state index contributed by atoms with van der Waals surface area (Å²) in [6, 6.07) is 0.292. The maximum Gasteiger partial charge on any atom is 0.148 e. The van der Waals surface area contributed by atoms with Gasteiger partial charge in [-0.2, -0.15) is 5.10 Å². The van der Waals surface area contributed by atoms with Gasteiger partial charge in [-0.25, -0.2) is 9.67 Å². The van der Waals surface area contributed by atoms with Gasteiger partial charge in [0.05, 0.1) is 16.4 Å². The highest BCUT2D eigenvalue weighted by Crippen LogP contribution is 2.25. The molecule has 0 saturated carbocycles. The molecule has 2 aromatic heterocycles. The lowest BCUT2D eigenvalue weighted by atomic mass is 10.3. The van der Waals surface area contributed by atoms with E-state index in [2.05, 4.69) is 34.6 Å². The number of nitrogens with zero attached hydrogens (tertiary/aromatic N) is 3. The van der Waals surface area contributed by atoms with Gasteiger partial charge in [0, 0.05) is 30.1 Å². The zero-order chi connectivity index (χ0) is 14.0. The summed E-state index contributed by atoms with van der Waals surface area (Å²) in [5.41, 5.74) is 8.77. The maximum atomic E-state index is 6.07. The van der Waals surface area contributed by atoms with Gasteiger partial charge in [0.1, 0.15) is 5.82 Å². The van der Waals surface area contributed by atoms with Crippen LogP contribution in [0.4, 0.5) is 11.5 Å². The number of anilines is 2. The summed E-state index contributed by atoms with van der Waals surface area (Å²) in [5, 5.41) is 11.1. The Morgan fingerprint density at radius 2 is 2.16 bits per heavy atom. The molecule has 0 radical (unpaired) electrons. The van der Waals surface area contributed by atoms with Crippen molar-refractivity contribution in [3.05, 3.63) is 21.8 Å². The summed E-state index contributed by atoms with van der Waals surface area (Å²) < 4.78 is 1.94. The molecule has 5 nitrogen and oxygen atoms in total. The predicted octanol–water partition coefficient (Wildman–Crippen LogP) is 2.77. The van der Waals surface area contributed by atoms with Crippen molar-refractivity contribution in [2.24, 2.45) is 0 Å². The molecule has 0 aliphatic heterocycles. The van der Waals surface area contributed by atoms with Crippen LogP contribution >= 0.6 is 11.3 Å². The summed E-state index contributed by atoms with van der Waals surface area (Å²) >= 11 is 1.70. The maximum absolute atomic E-state index is 6.07. The average molecular weight is 279 g/mol. The third-order valence-corrected chi connectivity index (χ3v) is 3.95. The minimum atomic E-state index is 0.292. The lowest BCUT2D eigenvalue weighted by molar-refractivity contribution is 0.534. The number of hydrogen-bond donors (Lipinski definition) is 2. The normalized spacial score (nSPS) is 11.2. The van der Waals surface area contributed by atoms with Gasteiger partial charge in [-0.15, -0.1) is 11.3 Å². The smallest absolute Gasteiger partial charge is 0.148 e. The quantitative estimate of drug-likeness (QED) is 0.883. The number of aryl methyl sites for hydroxylation is 2. The second kappa shape index (κ2) is 5.61. The summed E-state index contributed by atoms with van der Waals surface area (Å²) in [6.07, 6.45) is 0.903. The Labute approximate surface area is 117 Å². The summed E-state index contributed by atoms with van der Waals surface area (Å²) in [7, 11) is 0. The number of nitrogen functional groups attached to an aromatic ring is 1. The van der Waals surface area contributed by atoms with Crippen LogP contribution in [0, 0.1) is 13.8 Å². The SMILES string of the molecule is Cc1csc(CCNc2c(N)c(C)nn2C(C)C)n1. The molecular formula is C13H21N5S. The van der Waals surface area contributed by atoms with E-state index in [1.54, 1.807) is 11.3 Å². The molecule has 0 aromatic carbocycles. The van der Waals surface area contributed by atoms with Crippen LogP contribution < -0.4 is 11.1 Å². The summed E-state index contributed by atoms with van der Waals surface area (Å²) in [5.74, 6) is 0.917. The van der Waals surface area contributed by atoms with Crippen LogP contribution in [0.25, 0.3) is 0 Å². The predicted molar refractivity (Wildman–Crippen MR) is 80.8 cm³/mol. The highest BCUT2D eigenvalue weighted by atomic mass is 32.1. The number of nitrogens with two attached hydrogens (primary N) is 1. The van der Waals surface area contributed by atoms with Gasteiger partial charge < -0.3 is 11.1 Å². The molecule has 2 heterocycles. The van der Waals surface area contributed by atoms with Gasteiger partial charge in [0.15, 0.2) is 0 Å². The lowest BCUT2D eigenvalue weighted by Gasteiger charge is -2.12. The number of thiazole rings is 1. The van der Waals surface area contributed by atoms with Crippen LogP contribution in [0.5, 0.6) is 0 Å². The second-order valence-electron chi connectivity index (χ2n) is 4.95. The van der Waals surface area contributed by atoms with Crippen LogP contribution in [-0.4, -0.2) is 21.3 Å². The lowest BCUT2D eigenvalue weighted by Crippen LogP contribution is -2.13. The molecule has 2 aromatic rings. The fourth-order valence-corrected chi connectivity index (χ4v) is 2.69. The molecule has 0 saturated heterocycles. The van der Waals surface area contributed by atoms with Crippen molar-refractivity contribution in [2.45, 2.75) is 40.2 Å². The standard InChI is InChI=1S/C13H21N5S/c1-8(2)18-13(12(14)10(4)17-18)15-6-5-11-16-9(3)7-19-11/h7-8,15H,5-6,14H2,1-4H3. The van der Waals surface area contributed by atoms with Gasteiger partial charge in [0.25, 0.3) is 0 Å². The van der Waals surface area contributed by atoms with E-state index in [1.165, 1.54) is 0 Å². The van der Waals surface area contributed by atoms with Gasteiger partial charge in [-0.05, 0) is 27.7 Å². The first-order valence-corrected chi connectivity index (χ1v) is 7.36. The molecule has 3 N–H and O–H groups in total. The second-order valence-corrected chi connectivity index (χ2v) is 5.89. The highest BCUT2D eigenvalue weighted by Gasteiger charge is 2.14. The van der Waals surface area contributed by atoms with Crippen LogP contribution in [0.3, 0.4) is 0 Å². The van der Waals surface area contributed by atoms with E-state index in [0.717, 1.165) is 40.9 Å². The Morgan fingerprint density at radius 3 is 2.74 bits per heavy atom. The third-order valence-electron chi connectivity index (χ3n) is 2.92. The Balaban J connectivity index is 2.03. The Morgan fingerprint density at radius 1 is 1.42 bits per heavy atom. The van der Waals surface area contributed by atoms with Crippen molar-refractivity contribution in [1.82, 2.24) is 14.8 Å². The molecule has 2 rings (SSSR count). The molecule has 0 fully saturated rings. The first-order chi connectivity index (χ1) is 8.99. The average Bonchev–Trinajstić information content (AvgIpc) is 2.87. The third kappa shape index (κ3) is 3.07. The van der Waals surface area contributed by atoms with E-state index < -0.39 is 0 Å². The minimum absolute atomic E-state index is 0.292. The van der Waals surface area contributed by atoms with Crippen molar-refractivity contribution in [2.75, 3.05) is 17.6 Å². The van der Waals surface area contributed by atoms with E-state index in [-0.39, 0.29) is 0 Å². The number of hydrogen-bond acceptors (Lipinski definition) is 5. The fraction of sp³-hybridized carbons (Fsp3) is 0.538. The molecular weight excluding hydrogens is 258 g/mol. The molecule has 19 heavy (non-hydrogen) atoms. The first kappa shape index (κ1) is 13.9. The van der Waals surface area contributed by atoms with E-state index in [0.29, 0.717) is 6.04 Å². The molecule has 0 atom stereocenters. The zero-order valence-corrected chi connectivity index (χ0v) is 12.7. The molecule has 0 aliphatic rings. The summed E-state index contributed by atoms with van der Waals surface area (Å²) in [4.78, 5) is 4.45. The molecule has 0 bridgehead atoms. The topological polar surface area (TPSA) is 68.8 Å². The van der Waals surface area contributed by atoms with Crippen LogP contribution in [0.1, 0.15) is 36.3 Å². The molecule has 0 aliphatic carbocycles. The van der Waals surface area contributed by atoms with Gasteiger partial charge >= 0.3 is 0 Å². The molecule has 0 amide bonds. The largest absolute Gasteiger partial charge is 0.394 e. The fourth-order valence-electron chi connectivity index (χ4n) is 1.92.